The van der Waals surface area contributed by atoms with E-state index in [0.717, 1.165) is 0 Å². The second kappa shape index (κ2) is 4.75. The number of benzene rings is 1. The van der Waals surface area contributed by atoms with Crippen molar-refractivity contribution in [1.82, 2.24) is 0 Å². The first-order valence-corrected chi connectivity index (χ1v) is 4.41. The SMILES string of the molecule is Clc1cc(Cl)c(Cl)c(Cl)c1Cl.O. The maximum Gasteiger partial charge on any atom is 0.0808 e. The van der Waals surface area contributed by atoms with E-state index in [0.29, 0.717) is 10.0 Å². The third-order valence-corrected chi connectivity index (χ3v) is 3.20. The summed E-state index contributed by atoms with van der Waals surface area (Å²) in [4.78, 5) is 0. The van der Waals surface area contributed by atoms with Crippen molar-refractivity contribution < 1.29 is 5.48 Å². The second-order valence-corrected chi connectivity index (χ2v) is 3.73. The van der Waals surface area contributed by atoms with Crippen LogP contribution in [-0.4, -0.2) is 5.48 Å². The Kier molecular flexibility index (Phi) is 5.00. The van der Waals surface area contributed by atoms with Crippen LogP contribution < -0.4 is 0 Å². The minimum Gasteiger partial charge on any atom is -0.412 e. The third kappa shape index (κ3) is 2.32. The highest BCUT2D eigenvalue weighted by molar-refractivity contribution is 6.54. The van der Waals surface area contributed by atoms with Crippen molar-refractivity contribution in [1.29, 1.82) is 0 Å². The highest BCUT2D eigenvalue weighted by atomic mass is 35.5. The molecule has 0 spiro atoms. The molecule has 0 atom stereocenters. The number of hydrogen-bond acceptors (Lipinski definition) is 0. The van der Waals surface area contributed by atoms with Gasteiger partial charge in [0, 0.05) is 0 Å². The number of rotatable bonds is 0. The van der Waals surface area contributed by atoms with Crippen LogP contribution in [0.15, 0.2) is 6.07 Å². The Balaban J connectivity index is 0.00000121. The maximum absolute atomic E-state index is 5.66. The van der Waals surface area contributed by atoms with E-state index in [9.17, 15) is 0 Å². The molecule has 12 heavy (non-hydrogen) atoms. The van der Waals surface area contributed by atoms with E-state index in [-0.39, 0.29) is 20.5 Å². The smallest absolute Gasteiger partial charge is 0.0808 e. The van der Waals surface area contributed by atoms with Gasteiger partial charge in [-0.2, -0.15) is 0 Å². The van der Waals surface area contributed by atoms with E-state index < -0.39 is 0 Å². The summed E-state index contributed by atoms with van der Waals surface area (Å²) < 4.78 is 0. The van der Waals surface area contributed by atoms with Crippen LogP contribution in [0.5, 0.6) is 0 Å². The number of halogens is 5. The van der Waals surface area contributed by atoms with E-state index in [1.54, 1.807) is 0 Å². The lowest BCUT2D eigenvalue weighted by molar-refractivity contribution is 0.824. The predicted molar refractivity (Wildman–Crippen MR) is 55.1 cm³/mol. The summed E-state index contributed by atoms with van der Waals surface area (Å²) in [6.45, 7) is 0. The van der Waals surface area contributed by atoms with Crippen molar-refractivity contribution in [3.8, 4) is 0 Å². The summed E-state index contributed by atoms with van der Waals surface area (Å²) in [5, 5.41) is 1.23. The highest BCUT2D eigenvalue weighted by Crippen LogP contribution is 2.40. The lowest BCUT2D eigenvalue weighted by Gasteiger charge is -2.02. The molecule has 1 aromatic rings. The Morgan fingerprint density at radius 2 is 1.00 bits per heavy atom. The van der Waals surface area contributed by atoms with E-state index in [1.807, 2.05) is 0 Å². The molecule has 1 rings (SSSR count). The fraction of sp³-hybridized carbons (Fsp3) is 0. The zero-order valence-corrected chi connectivity index (χ0v) is 9.25. The van der Waals surface area contributed by atoms with Gasteiger partial charge in [0.1, 0.15) is 0 Å². The van der Waals surface area contributed by atoms with Crippen LogP contribution in [0, 0.1) is 0 Å². The summed E-state index contributed by atoms with van der Waals surface area (Å²) in [5.74, 6) is 0. The molecule has 1 aromatic carbocycles. The van der Waals surface area contributed by atoms with Gasteiger partial charge in [0.25, 0.3) is 0 Å². The standard InChI is InChI=1S/C6HCl5.H2O/c7-2-1-3(8)5(10)6(11)4(2)9;/h1H;1H2. The van der Waals surface area contributed by atoms with Gasteiger partial charge in [-0.25, -0.2) is 0 Å². The predicted octanol–water partition coefficient (Wildman–Crippen LogP) is 4.13. The lowest BCUT2D eigenvalue weighted by atomic mass is 10.3. The Hall–Kier alpha value is 0.630. The van der Waals surface area contributed by atoms with Crippen LogP contribution in [0.1, 0.15) is 0 Å². The Bertz CT molecular complexity index is 272. The molecule has 0 amide bonds. The summed E-state index contributed by atoms with van der Waals surface area (Å²) in [7, 11) is 0. The first kappa shape index (κ1) is 12.6. The van der Waals surface area contributed by atoms with Crippen molar-refractivity contribution >= 4 is 58.0 Å². The van der Waals surface area contributed by atoms with Crippen molar-refractivity contribution in [3.05, 3.63) is 31.2 Å². The minimum absolute atomic E-state index is 0. The molecule has 0 bridgehead atoms. The monoisotopic (exact) mass is 266 g/mol. The lowest BCUT2D eigenvalue weighted by Crippen LogP contribution is -1.75. The Morgan fingerprint density at radius 1 is 0.667 bits per heavy atom. The molecule has 2 N–H and O–H groups in total. The molecule has 0 aliphatic heterocycles. The molecule has 68 valence electrons. The molecule has 6 heteroatoms. The van der Waals surface area contributed by atoms with Gasteiger partial charge in [0.2, 0.25) is 0 Å². The van der Waals surface area contributed by atoms with Crippen molar-refractivity contribution in [2.24, 2.45) is 0 Å². The molecule has 0 radical (unpaired) electrons. The van der Waals surface area contributed by atoms with Crippen LogP contribution in [0.3, 0.4) is 0 Å². The number of hydrogen-bond donors (Lipinski definition) is 0. The van der Waals surface area contributed by atoms with Crippen LogP contribution >= 0.6 is 58.0 Å². The van der Waals surface area contributed by atoms with Gasteiger partial charge >= 0.3 is 0 Å². The van der Waals surface area contributed by atoms with Gasteiger partial charge in [-0.3, -0.25) is 0 Å². The first-order chi connectivity index (χ1) is 5.04. The van der Waals surface area contributed by atoms with Gasteiger partial charge in [0.05, 0.1) is 25.1 Å². The van der Waals surface area contributed by atoms with E-state index in [1.165, 1.54) is 6.07 Å². The van der Waals surface area contributed by atoms with E-state index in [4.69, 9.17) is 58.0 Å². The van der Waals surface area contributed by atoms with Crippen molar-refractivity contribution in [2.75, 3.05) is 0 Å². The third-order valence-electron chi connectivity index (χ3n) is 1.06. The first-order valence-electron chi connectivity index (χ1n) is 2.52. The summed E-state index contributed by atoms with van der Waals surface area (Å²) in [5.41, 5.74) is 0. The van der Waals surface area contributed by atoms with E-state index >= 15 is 0 Å². The molecule has 0 fully saturated rings. The maximum atomic E-state index is 5.66. The minimum atomic E-state index is 0. The molecule has 0 saturated carbocycles. The average molecular weight is 268 g/mol. The Labute approximate surface area is 94.4 Å². The fourth-order valence-electron chi connectivity index (χ4n) is 0.544. The molecule has 0 unspecified atom stereocenters. The molecular formula is C6H3Cl5O. The largest absolute Gasteiger partial charge is 0.412 e. The second-order valence-electron chi connectivity index (χ2n) is 1.78. The van der Waals surface area contributed by atoms with E-state index in [2.05, 4.69) is 0 Å². The van der Waals surface area contributed by atoms with Gasteiger partial charge in [-0.05, 0) is 6.07 Å². The van der Waals surface area contributed by atoms with Crippen LogP contribution in [0.2, 0.25) is 25.1 Å². The van der Waals surface area contributed by atoms with Crippen molar-refractivity contribution in [3.63, 3.8) is 0 Å². The molecule has 0 aliphatic rings. The fourth-order valence-corrected chi connectivity index (χ4v) is 1.65. The van der Waals surface area contributed by atoms with Gasteiger partial charge in [0.15, 0.2) is 0 Å². The van der Waals surface area contributed by atoms with Crippen LogP contribution in [0.4, 0.5) is 0 Å². The summed E-state index contributed by atoms with van der Waals surface area (Å²) in [6, 6.07) is 1.44. The molecule has 0 aliphatic carbocycles. The van der Waals surface area contributed by atoms with Gasteiger partial charge in [-0.15, -0.1) is 0 Å². The van der Waals surface area contributed by atoms with Crippen LogP contribution in [0.25, 0.3) is 0 Å². The highest BCUT2D eigenvalue weighted by Gasteiger charge is 2.10. The zero-order chi connectivity index (χ0) is 8.59. The summed E-state index contributed by atoms with van der Waals surface area (Å²) in [6.07, 6.45) is 0. The Morgan fingerprint density at radius 3 is 1.33 bits per heavy atom. The zero-order valence-electron chi connectivity index (χ0n) is 5.47. The molecule has 0 saturated heterocycles. The molecule has 0 heterocycles. The summed E-state index contributed by atoms with van der Waals surface area (Å²) >= 11 is 28.2. The molecular weight excluding hydrogens is 265 g/mol. The quantitative estimate of drug-likeness (QED) is 0.500. The van der Waals surface area contributed by atoms with Crippen molar-refractivity contribution in [2.45, 2.75) is 0 Å². The average Bonchev–Trinajstić information content (AvgIpc) is 1.97. The topological polar surface area (TPSA) is 31.5 Å². The van der Waals surface area contributed by atoms with Gasteiger partial charge < -0.3 is 5.48 Å². The van der Waals surface area contributed by atoms with Gasteiger partial charge in [-0.1, -0.05) is 58.0 Å². The molecule has 1 nitrogen and oxygen atoms in total. The van der Waals surface area contributed by atoms with Crippen LogP contribution in [-0.2, 0) is 0 Å². The molecule has 0 aromatic heterocycles. The normalized spacial score (nSPS) is 9.42.